The number of benzene rings is 1. The lowest BCUT2D eigenvalue weighted by molar-refractivity contribution is 0.0284. The number of ether oxygens (including phenoxy) is 2. The van der Waals surface area contributed by atoms with Gasteiger partial charge in [0.05, 0.1) is 19.3 Å². The number of rotatable bonds is 4. The van der Waals surface area contributed by atoms with Crippen molar-refractivity contribution in [2.24, 2.45) is 0 Å². The van der Waals surface area contributed by atoms with E-state index in [1.165, 1.54) is 18.1 Å². The molecule has 0 saturated carbocycles. The monoisotopic (exact) mass is 334 g/mol. The van der Waals surface area contributed by atoms with Crippen LogP contribution in [0.4, 0.5) is 9.18 Å². The number of aromatic nitrogens is 1. The van der Waals surface area contributed by atoms with Gasteiger partial charge in [0.2, 0.25) is 0 Å². The van der Waals surface area contributed by atoms with Crippen LogP contribution in [-0.2, 0) is 11.3 Å². The number of amides is 1. The Hall–Kier alpha value is -2.50. The van der Waals surface area contributed by atoms with E-state index in [0.717, 1.165) is 5.56 Å². The predicted molar refractivity (Wildman–Crippen MR) is 90.4 cm³/mol. The van der Waals surface area contributed by atoms with Crippen LogP contribution in [0, 0.1) is 5.82 Å². The molecule has 1 aromatic carbocycles. The molecular weight excluding hydrogens is 311 g/mol. The van der Waals surface area contributed by atoms with Crippen molar-refractivity contribution in [1.82, 2.24) is 9.88 Å². The maximum absolute atomic E-state index is 14.0. The molecule has 0 aliphatic heterocycles. The van der Waals surface area contributed by atoms with E-state index in [0.29, 0.717) is 17.0 Å². The van der Waals surface area contributed by atoms with Crippen molar-refractivity contribution in [1.29, 1.82) is 0 Å². The summed E-state index contributed by atoms with van der Waals surface area (Å²) in [5.74, 6) is 0.167. The second kappa shape index (κ2) is 6.95. The third kappa shape index (κ3) is 4.07. The van der Waals surface area contributed by atoms with Gasteiger partial charge in [-0.3, -0.25) is 0 Å². The van der Waals surface area contributed by atoms with E-state index in [4.69, 9.17) is 9.47 Å². The van der Waals surface area contributed by atoms with Gasteiger partial charge in [-0.15, -0.1) is 0 Å². The predicted octanol–water partition coefficient (Wildman–Crippen LogP) is 4.20. The molecule has 1 heterocycles. The molecule has 24 heavy (non-hydrogen) atoms. The fraction of sp³-hybridized carbons (Fsp3) is 0.389. The van der Waals surface area contributed by atoms with Crippen molar-refractivity contribution in [2.45, 2.75) is 32.9 Å². The summed E-state index contributed by atoms with van der Waals surface area (Å²) in [7, 11) is 3.16. The molecule has 0 bridgehead atoms. The van der Waals surface area contributed by atoms with Gasteiger partial charge in [0.25, 0.3) is 0 Å². The largest absolute Gasteiger partial charge is 0.494 e. The number of hydrogen-bond acceptors (Lipinski definition) is 3. The zero-order valence-corrected chi connectivity index (χ0v) is 14.6. The van der Waals surface area contributed by atoms with Crippen molar-refractivity contribution >= 4 is 6.09 Å². The van der Waals surface area contributed by atoms with Crippen LogP contribution in [0.25, 0.3) is 11.3 Å². The Morgan fingerprint density at radius 1 is 1.29 bits per heavy atom. The number of H-pyrrole nitrogens is 1. The van der Waals surface area contributed by atoms with Gasteiger partial charge in [-0.05, 0) is 32.9 Å². The molecule has 1 aromatic heterocycles. The van der Waals surface area contributed by atoms with Gasteiger partial charge in [-0.25, -0.2) is 9.18 Å². The first-order chi connectivity index (χ1) is 11.2. The van der Waals surface area contributed by atoms with Crippen molar-refractivity contribution in [3.63, 3.8) is 0 Å². The Morgan fingerprint density at radius 3 is 2.54 bits per heavy atom. The van der Waals surface area contributed by atoms with Crippen LogP contribution in [0.3, 0.4) is 0 Å². The molecule has 0 saturated heterocycles. The Morgan fingerprint density at radius 2 is 1.96 bits per heavy atom. The van der Waals surface area contributed by atoms with E-state index in [2.05, 4.69) is 4.98 Å². The summed E-state index contributed by atoms with van der Waals surface area (Å²) < 4.78 is 24.8. The maximum Gasteiger partial charge on any atom is 0.410 e. The number of carbonyl (C=O) groups excluding carboxylic acids is 1. The van der Waals surface area contributed by atoms with E-state index in [1.807, 2.05) is 20.8 Å². The lowest BCUT2D eigenvalue weighted by atomic mass is 10.1. The molecule has 0 unspecified atom stereocenters. The average molecular weight is 334 g/mol. The molecule has 0 spiro atoms. The highest BCUT2D eigenvalue weighted by Crippen LogP contribution is 2.34. The Bertz CT molecular complexity index is 719. The molecule has 2 rings (SSSR count). The average Bonchev–Trinajstić information content (AvgIpc) is 2.88. The van der Waals surface area contributed by atoms with E-state index in [9.17, 15) is 9.18 Å². The highest BCUT2D eigenvalue weighted by molar-refractivity contribution is 5.71. The molecule has 6 heteroatoms. The number of nitrogens with one attached hydrogen (secondary N) is 1. The zero-order chi connectivity index (χ0) is 17.9. The number of hydrogen-bond donors (Lipinski definition) is 1. The Kier molecular flexibility index (Phi) is 5.17. The number of carbonyl (C=O) groups is 1. The highest BCUT2D eigenvalue weighted by atomic mass is 19.1. The van der Waals surface area contributed by atoms with Gasteiger partial charge in [-0.1, -0.05) is 12.1 Å². The van der Waals surface area contributed by atoms with E-state index < -0.39 is 11.7 Å². The quantitative estimate of drug-likeness (QED) is 0.912. The van der Waals surface area contributed by atoms with Crippen molar-refractivity contribution in [3.8, 4) is 17.0 Å². The van der Waals surface area contributed by atoms with Gasteiger partial charge in [0, 0.05) is 24.4 Å². The summed E-state index contributed by atoms with van der Waals surface area (Å²) in [5.41, 5.74) is 1.14. The molecule has 2 aromatic rings. The molecule has 0 aliphatic rings. The summed E-state index contributed by atoms with van der Waals surface area (Å²) in [6.07, 6.45) is 1.28. The minimum absolute atomic E-state index is 0.281. The highest BCUT2D eigenvalue weighted by Gasteiger charge is 2.22. The zero-order valence-electron chi connectivity index (χ0n) is 14.6. The normalized spacial score (nSPS) is 11.2. The number of methoxy groups -OCH3 is 1. The van der Waals surface area contributed by atoms with Crippen LogP contribution in [0.1, 0.15) is 26.3 Å². The van der Waals surface area contributed by atoms with Crippen LogP contribution in [0.5, 0.6) is 5.75 Å². The first kappa shape index (κ1) is 17.8. The molecule has 0 aliphatic carbocycles. The summed E-state index contributed by atoms with van der Waals surface area (Å²) in [5, 5.41) is 0. The van der Waals surface area contributed by atoms with Crippen LogP contribution < -0.4 is 4.74 Å². The van der Waals surface area contributed by atoms with Gasteiger partial charge in [0.15, 0.2) is 0 Å². The molecule has 130 valence electrons. The molecule has 0 fully saturated rings. The van der Waals surface area contributed by atoms with Crippen molar-refractivity contribution < 1.29 is 18.7 Å². The van der Waals surface area contributed by atoms with Crippen molar-refractivity contribution in [2.75, 3.05) is 14.2 Å². The first-order valence-corrected chi connectivity index (χ1v) is 7.66. The van der Waals surface area contributed by atoms with Crippen LogP contribution in [0.15, 0.2) is 30.5 Å². The third-order valence-corrected chi connectivity index (χ3v) is 3.37. The third-order valence-electron chi connectivity index (χ3n) is 3.37. The summed E-state index contributed by atoms with van der Waals surface area (Å²) in [4.78, 5) is 16.6. The lowest BCUT2D eigenvalue weighted by Gasteiger charge is -2.24. The first-order valence-electron chi connectivity index (χ1n) is 7.66. The van der Waals surface area contributed by atoms with Crippen LogP contribution in [0.2, 0.25) is 0 Å². The van der Waals surface area contributed by atoms with Crippen molar-refractivity contribution in [3.05, 3.63) is 41.8 Å². The van der Waals surface area contributed by atoms with Crippen LogP contribution >= 0.6 is 0 Å². The molecule has 5 nitrogen and oxygen atoms in total. The molecule has 0 atom stereocenters. The summed E-state index contributed by atoms with van der Waals surface area (Å²) in [6, 6.07) is 6.45. The van der Waals surface area contributed by atoms with Gasteiger partial charge >= 0.3 is 6.09 Å². The smallest absolute Gasteiger partial charge is 0.410 e. The molecule has 1 amide bonds. The molecular formula is C18H23FN2O3. The lowest BCUT2D eigenvalue weighted by Crippen LogP contribution is -2.33. The Balaban J connectivity index is 2.24. The second-order valence-electron chi connectivity index (χ2n) is 6.54. The summed E-state index contributed by atoms with van der Waals surface area (Å²) >= 11 is 0. The number of halogens is 1. The fourth-order valence-electron chi connectivity index (χ4n) is 2.33. The Labute approximate surface area is 141 Å². The molecule has 1 N–H and O–H groups in total. The minimum Gasteiger partial charge on any atom is -0.494 e. The molecule has 0 radical (unpaired) electrons. The summed E-state index contributed by atoms with van der Waals surface area (Å²) in [6.45, 7) is 5.72. The minimum atomic E-state index is -0.564. The van der Waals surface area contributed by atoms with Crippen LogP contribution in [-0.4, -0.2) is 35.7 Å². The van der Waals surface area contributed by atoms with Gasteiger partial charge in [0.1, 0.15) is 17.2 Å². The van der Waals surface area contributed by atoms with E-state index in [1.54, 1.807) is 31.4 Å². The standard InChI is InChI=1S/C18H23FN2O3/c1-18(2,3)24-17(22)21(4)11-12-10-20-15(16(12)23-5)13-8-6-7-9-14(13)19/h6-10,20H,11H2,1-5H3. The maximum atomic E-state index is 14.0. The number of aromatic amines is 1. The fourth-order valence-corrected chi connectivity index (χ4v) is 2.33. The van der Waals surface area contributed by atoms with E-state index in [-0.39, 0.29) is 12.4 Å². The van der Waals surface area contributed by atoms with Gasteiger partial charge < -0.3 is 19.4 Å². The van der Waals surface area contributed by atoms with Gasteiger partial charge in [-0.2, -0.15) is 0 Å². The van der Waals surface area contributed by atoms with E-state index >= 15 is 0 Å². The number of nitrogens with zero attached hydrogens (tertiary/aromatic N) is 1. The SMILES string of the molecule is COc1c(CN(C)C(=O)OC(C)(C)C)c[nH]c1-c1ccccc1F. The topological polar surface area (TPSA) is 54.6 Å². The second-order valence-corrected chi connectivity index (χ2v) is 6.54.